The molecule has 7 heteroatoms. The maximum absolute atomic E-state index is 11.4. The molecule has 0 aliphatic carbocycles. The summed E-state index contributed by atoms with van der Waals surface area (Å²) in [5.74, 6) is 0.0903. The molecule has 1 aromatic heterocycles. The van der Waals surface area contributed by atoms with Crippen molar-refractivity contribution in [2.24, 2.45) is 0 Å². The number of hydrogen-bond donors (Lipinski definition) is 2. The summed E-state index contributed by atoms with van der Waals surface area (Å²) in [5.41, 5.74) is 5.52. The zero-order valence-corrected chi connectivity index (χ0v) is 8.67. The van der Waals surface area contributed by atoms with Crippen molar-refractivity contribution in [3.63, 3.8) is 0 Å². The lowest BCUT2D eigenvalue weighted by Crippen LogP contribution is -2.57. The highest BCUT2D eigenvalue weighted by Crippen LogP contribution is 2.16. The summed E-state index contributed by atoms with van der Waals surface area (Å²) in [6.45, 7) is 1.78. The molecule has 1 aliphatic rings. The number of rotatable bonds is 1. The van der Waals surface area contributed by atoms with E-state index in [4.69, 9.17) is 5.73 Å². The number of amides is 2. The fraction of sp³-hybridized carbons (Fsp3) is 0.333. The lowest BCUT2D eigenvalue weighted by molar-refractivity contribution is -0.132. The molecule has 84 valence electrons. The molecule has 0 saturated carbocycles. The summed E-state index contributed by atoms with van der Waals surface area (Å²) in [4.78, 5) is 32.0. The number of nitrogen functional groups attached to an aromatic ring is 1. The Morgan fingerprint density at radius 1 is 1.50 bits per heavy atom. The summed E-state index contributed by atoms with van der Waals surface area (Å²) >= 11 is 0. The van der Waals surface area contributed by atoms with Gasteiger partial charge >= 0.3 is 0 Å². The third-order valence-corrected chi connectivity index (χ3v) is 2.39. The van der Waals surface area contributed by atoms with Crippen LogP contribution in [0, 0.1) is 0 Å². The molecule has 1 aromatic rings. The van der Waals surface area contributed by atoms with E-state index in [1.165, 1.54) is 12.4 Å². The first-order valence-corrected chi connectivity index (χ1v) is 4.76. The van der Waals surface area contributed by atoms with Gasteiger partial charge in [-0.1, -0.05) is 0 Å². The molecular formula is C9H11N5O2. The number of nitrogens with zero attached hydrogens (tertiary/aromatic N) is 3. The van der Waals surface area contributed by atoms with E-state index in [1.54, 1.807) is 11.8 Å². The van der Waals surface area contributed by atoms with Crippen LogP contribution < -0.4 is 16.0 Å². The van der Waals surface area contributed by atoms with Crippen LogP contribution in [0.5, 0.6) is 0 Å². The van der Waals surface area contributed by atoms with Crippen molar-refractivity contribution < 1.29 is 9.59 Å². The van der Waals surface area contributed by atoms with Crippen LogP contribution in [0.1, 0.15) is 6.92 Å². The van der Waals surface area contributed by atoms with E-state index in [0.717, 1.165) is 0 Å². The summed E-state index contributed by atoms with van der Waals surface area (Å²) in [6, 6.07) is 1.08. The van der Waals surface area contributed by atoms with Crippen LogP contribution in [0.3, 0.4) is 0 Å². The quantitative estimate of drug-likeness (QED) is 0.584. The predicted octanol–water partition coefficient (Wildman–Crippen LogP) is -1.09. The SMILES string of the molecule is CC1C(=O)NC(=O)CN1c1cc(N)ncn1. The molecule has 0 spiro atoms. The molecule has 1 saturated heterocycles. The molecule has 0 aromatic carbocycles. The Kier molecular flexibility index (Phi) is 2.43. The van der Waals surface area contributed by atoms with Gasteiger partial charge in [0.1, 0.15) is 24.0 Å². The molecule has 0 bridgehead atoms. The molecule has 2 rings (SSSR count). The van der Waals surface area contributed by atoms with Crippen molar-refractivity contribution >= 4 is 23.5 Å². The first kappa shape index (κ1) is 10.3. The number of carbonyl (C=O) groups is 2. The normalized spacial score (nSPS) is 20.8. The Morgan fingerprint density at radius 3 is 2.94 bits per heavy atom. The van der Waals surface area contributed by atoms with Crippen LogP contribution in [0.4, 0.5) is 11.6 Å². The van der Waals surface area contributed by atoms with Gasteiger partial charge in [-0.05, 0) is 6.92 Å². The van der Waals surface area contributed by atoms with Gasteiger partial charge in [0, 0.05) is 6.07 Å². The lowest BCUT2D eigenvalue weighted by atomic mass is 10.2. The van der Waals surface area contributed by atoms with E-state index in [2.05, 4.69) is 15.3 Å². The number of imide groups is 1. The predicted molar refractivity (Wildman–Crippen MR) is 56.4 cm³/mol. The Labute approximate surface area is 91.7 Å². The molecule has 1 unspecified atom stereocenters. The van der Waals surface area contributed by atoms with Crippen LogP contribution >= 0.6 is 0 Å². The van der Waals surface area contributed by atoms with Crippen LogP contribution in [-0.4, -0.2) is 34.4 Å². The highest BCUT2D eigenvalue weighted by molar-refractivity contribution is 6.04. The summed E-state index contributed by atoms with van der Waals surface area (Å²) in [7, 11) is 0. The van der Waals surface area contributed by atoms with Crippen molar-refractivity contribution in [3.05, 3.63) is 12.4 Å². The second-order valence-corrected chi connectivity index (χ2v) is 3.52. The zero-order valence-electron chi connectivity index (χ0n) is 8.67. The minimum absolute atomic E-state index is 0.0867. The van der Waals surface area contributed by atoms with Crippen molar-refractivity contribution in [3.8, 4) is 0 Å². The van der Waals surface area contributed by atoms with Gasteiger partial charge in [-0.15, -0.1) is 0 Å². The van der Waals surface area contributed by atoms with Gasteiger partial charge in [-0.3, -0.25) is 14.9 Å². The largest absolute Gasteiger partial charge is 0.384 e. The minimum Gasteiger partial charge on any atom is -0.384 e. The number of nitrogens with two attached hydrogens (primary N) is 1. The summed E-state index contributed by atoms with van der Waals surface area (Å²) < 4.78 is 0. The highest BCUT2D eigenvalue weighted by atomic mass is 16.2. The Balaban J connectivity index is 2.32. The Morgan fingerprint density at radius 2 is 2.25 bits per heavy atom. The van der Waals surface area contributed by atoms with Crippen molar-refractivity contribution in [2.45, 2.75) is 13.0 Å². The second kappa shape index (κ2) is 3.76. The second-order valence-electron chi connectivity index (χ2n) is 3.52. The van der Waals surface area contributed by atoms with Gasteiger partial charge in [0.2, 0.25) is 11.8 Å². The molecule has 0 radical (unpaired) electrons. The van der Waals surface area contributed by atoms with Crippen LogP contribution in [0.25, 0.3) is 0 Å². The molecular weight excluding hydrogens is 210 g/mol. The average Bonchev–Trinajstić information content (AvgIpc) is 2.23. The molecule has 16 heavy (non-hydrogen) atoms. The van der Waals surface area contributed by atoms with E-state index in [-0.39, 0.29) is 18.4 Å². The molecule has 2 heterocycles. The van der Waals surface area contributed by atoms with E-state index in [1.807, 2.05) is 0 Å². The Hall–Kier alpha value is -2.18. The highest BCUT2D eigenvalue weighted by Gasteiger charge is 2.31. The van der Waals surface area contributed by atoms with Crippen LogP contribution in [0.15, 0.2) is 12.4 Å². The van der Waals surface area contributed by atoms with Crippen molar-refractivity contribution in [1.82, 2.24) is 15.3 Å². The number of anilines is 2. The number of aromatic nitrogens is 2. The van der Waals surface area contributed by atoms with Gasteiger partial charge in [-0.25, -0.2) is 9.97 Å². The minimum atomic E-state index is -0.452. The summed E-state index contributed by atoms with van der Waals surface area (Å²) in [6.07, 6.45) is 1.30. The van der Waals surface area contributed by atoms with E-state index >= 15 is 0 Å². The molecule has 2 amide bonds. The third kappa shape index (κ3) is 1.79. The number of carbonyl (C=O) groups excluding carboxylic acids is 2. The first-order valence-electron chi connectivity index (χ1n) is 4.76. The maximum atomic E-state index is 11.4. The van der Waals surface area contributed by atoms with Crippen molar-refractivity contribution in [1.29, 1.82) is 0 Å². The van der Waals surface area contributed by atoms with Crippen LogP contribution in [-0.2, 0) is 9.59 Å². The smallest absolute Gasteiger partial charge is 0.249 e. The van der Waals surface area contributed by atoms with Gasteiger partial charge in [-0.2, -0.15) is 0 Å². The van der Waals surface area contributed by atoms with Gasteiger partial charge in [0.15, 0.2) is 0 Å². The molecule has 3 N–H and O–H groups in total. The van der Waals surface area contributed by atoms with Crippen molar-refractivity contribution in [2.75, 3.05) is 17.2 Å². The standard InChI is InChI=1S/C9H11N5O2/c1-5-9(16)13-8(15)3-14(5)7-2-6(10)11-4-12-7/h2,4-5H,3H2,1H3,(H2,10,11,12)(H,13,15,16). The van der Waals surface area contributed by atoms with Gasteiger partial charge < -0.3 is 10.6 Å². The third-order valence-electron chi connectivity index (χ3n) is 2.39. The van der Waals surface area contributed by atoms with Crippen LogP contribution in [0.2, 0.25) is 0 Å². The van der Waals surface area contributed by atoms with E-state index in [0.29, 0.717) is 11.6 Å². The first-order chi connectivity index (χ1) is 7.58. The molecule has 7 nitrogen and oxygen atoms in total. The fourth-order valence-corrected chi connectivity index (χ4v) is 1.51. The number of hydrogen-bond acceptors (Lipinski definition) is 6. The Bertz CT molecular complexity index is 447. The number of nitrogens with one attached hydrogen (secondary N) is 1. The molecule has 1 fully saturated rings. The summed E-state index contributed by atoms with van der Waals surface area (Å²) in [5, 5.41) is 2.25. The average molecular weight is 221 g/mol. The zero-order chi connectivity index (χ0) is 11.7. The topological polar surface area (TPSA) is 101 Å². The van der Waals surface area contributed by atoms with E-state index in [9.17, 15) is 9.59 Å². The monoisotopic (exact) mass is 221 g/mol. The number of piperazine rings is 1. The van der Waals surface area contributed by atoms with E-state index < -0.39 is 6.04 Å². The maximum Gasteiger partial charge on any atom is 0.249 e. The molecule has 1 atom stereocenters. The lowest BCUT2D eigenvalue weighted by Gasteiger charge is -2.32. The van der Waals surface area contributed by atoms with Gasteiger partial charge in [0.05, 0.1) is 6.54 Å². The van der Waals surface area contributed by atoms with Gasteiger partial charge in [0.25, 0.3) is 0 Å². The molecule has 1 aliphatic heterocycles. The fourth-order valence-electron chi connectivity index (χ4n) is 1.51.